The Kier molecular flexibility index (Phi) is 1.88. The van der Waals surface area contributed by atoms with E-state index in [2.05, 4.69) is 0 Å². The molecule has 0 spiro atoms. The average molecular weight is 140 g/mol. The first kappa shape index (κ1) is 7.45. The zero-order valence-electron chi connectivity index (χ0n) is 6.39. The minimum absolute atomic E-state index is 0.104. The molecule has 0 aromatic rings. The third-order valence-electron chi connectivity index (χ3n) is 2.15. The van der Waals surface area contributed by atoms with Crippen molar-refractivity contribution in [2.75, 3.05) is 0 Å². The van der Waals surface area contributed by atoms with Crippen LogP contribution in [0.5, 0.6) is 0 Å². The summed E-state index contributed by atoms with van der Waals surface area (Å²) in [4.78, 5) is 21.9. The van der Waals surface area contributed by atoms with Crippen LogP contribution < -0.4 is 0 Å². The molecule has 0 aromatic carbocycles. The molecule has 2 nitrogen and oxygen atoms in total. The fraction of sp³-hybridized carbons (Fsp3) is 0.750. The summed E-state index contributed by atoms with van der Waals surface area (Å²) in [7, 11) is 0. The standard InChI is InChI=1S/C8H12O2/c1-5-3-6(2)8(10)4-7(5)9/h5-6H,3-4H2,1-2H3/t5-,6-/m0/s1. The monoisotopic (exact) mass is 140 g/mol. The van der Waals surface area contributed by atoms with Gasteiger partial charge in [0.25, 0.3) is 0 Å². The molecule has 0 aromatic heterocycles. The normalized spacial score (nSPS) is 34.6. The largest absolute Gasteiger partial charge is 0.299 e. The van der Waals surface area contributed by atoms with Crippen LogP contribution in [-0.4, -0.2) is 11.6 Å². The highest BCUT2D eigenvalue weighted by Crippen LogP contribution is 2.22. The Morgan fingerprint density at radius 2 is 1.50 bits per heavy atom. The Hall–Kier alpha value is -0.660. The maximum Gasteiger partial charge on any atom is 0.143 e. The van der Waals surface area contributed by atoms with Crippen LogP contribution >= 0.6 is 0 Å². The molecule has 0 saturated heterocycles. The lowest BCUT2D eigenvalue weighted by atomic mass is 9.82. The lowest BCUT2D eigenvalue weighted by molar-refractivity contribution is -0.135. The summed E-state index contributed by atoms with van der Waals surface area (Å²) in [5, 5.41) is 0. The van der Waals surface area contributed by atoms with Gasteiger partial charge in [0.05, 0.1) is 6.42 Å². The van der Waals surface area contributed by atoms with Gasteiger partial charge in [0.2, 0.25) is 0 Å². The second-order valence-corrected chi connectivity index (χ2v) is 3.15. The number of ketones is 2. The predicted molar refractivity (Wildman–Crippen MR) is 37.6 cm³/mol. The highest BCUT2D eigenvalue weighted by molar-refractivity contribution is 6.03. The average Bonchev–Trinajstić information content (AvgIpc) is 1.84. The van der Waals surface area contributed by atoms with E-state index in [9.17, 15) is 9.59 Å². The molecule has 0 aliphatic heterocycles. The molecule has 0 radical (unpaired) electrons. The van der Waals surface area contributed by atoms with Crippen molar-refractivity contribution in [3.05, 3.63) is 0 Å². The SMILES string of the molecule is C[C@H]1C[C@H](C)C(=O)CC1=O. The fourth-order valence-corrected chi connectivity index (χ4v) is 1.31. The summed E-state index contributed by atoms with van der Waals surface area (Å²) < 4.78 is 0. The van der Waals surface area contributed by atoms with E-state index in [0.717, 1.165) is 6.42 Å². The van der Waals surface area contributed by atoms with Gasteiger partial charge < -0.3 is 0 Å². The zero-order chi connectivity index (χ0) is 7.72. The zero-order valence-corrected chi connectivity index (χ0v) is 6.39. The van der Waals surface area contributed by atoms with E-state index in [1.54, 1.807) is 0 Å². The highest BCUT2D eigenvalue weighted by atomic mass is 16.1. The molecule has 0 amide bonds. The second-order valence-electron chi connectivity index (χ2n) is 3.15. The van der Waals surface area contributed by atoms with E-state index in [1.165, 1.54) is 0 Å². The topological polar surface area (TPSA) is 34.1 Å². The van der Waals surface area contributed by atoms with Crippen LogP contribution in [0.1, 0.15) is 26.7 Å². The van der Waals surface area contributed by atoms with Crippen LogP contribution in [0.25, 0.3) is 0 Å². The molecule has 0 heterocycles. The molecule has 1 saturated carbocycles. The molecule has 0 unspecified atom stereocenters. The van der Waals surface area contributed by atoms with E-state index < -0.39 is 0 Å². The summed E-state index contributed by atoms with van der Waals surface area (Å²) in [6, 6.07) is 0. The van der Waals surface area contributed by atoms with E-state index >= 15 is 0 Å². The predicted octanol–water partition coefficient (Wildman–Crippen LogP) is 1.19. The van der Waals surface area contributed by atoms with Gasteiger partial charge in [-0.25, -0.2) is 0 Å². The number of Topliss-reactive ketones (excluding diaryl/α,β-unsaturated/α-hetero) is 2. The number of carbonyl (C=O) groups is 2. The van der Waals surface area contributed by atoms with Crippen LogP contribution in [0.2, 0.25) is 0 Å². The maximum absolute atomic E-state index is 10.9. The third-order valence-corrected chi connectivity index (χ3v) is 2.15. The molecule has 1 aliphatic rings. The third kappa shape index (κ3) is 1.25. The van der Waals surface area contributed by atoms with Gasteiger partial charge in [0, 0.05) is 11.8 Å². The lowest BCUT2D eigenvalue weighted by Gasteiger charge is -2.20. The quantitative estimate of drug-likeness (QED) is 0.474. The summed E-state index contributed by atoms with van der Waals surface area (Å²) >= 11 is 0. The molecular formula is C8H12O2. The first-order valence-corrected chi connectivity index (χ1v) is 3.66. The van der Waals surface area contributed by atoms with E-state index in [1.807, 2.05) is 13.8 Å². The number of carbonyl (C=O) groups excluding carboxylic acids is 2. The van der Waals surface area contributed by atoms with Crippen molar-refractivity contribution in [3.63, 3.8) is 0 Å². The van der Waals surface area contributed by atoms with Crippen LogP contribution in [0.3, 0.4) is 0 Å². The first-order chi connectivity index (χ1) is 4.61. The van der Waals surface area contributed by atoms with Crippen molar-refractivity contribution >= 4 is 11.6 Å². The van der Waals surface area contributed by atoms with E-state index in [-0.39, 0.29) is 29.8 Å². The molecule has 10 heavy (non-hydrogen) atoms. The molecular weight excluding hydrogens is 128 g/mol. The van der Waals surface area contributed by atoms with Gasteiger partial charge in [0.1, 0.15) is 11.6 Å². The Labute approximate surface area is 60.6 Å². The Morgan fingerprint density at radius 3 is 1.80 bits per heavy atom. The van der Waals surface area contributed by atoms with E-state index in [0.29, 0.717) is 0 Å². The van der Waals surface area contributed by atoms with Crippen molar-refractivity contribution < 1.29 is 9.59 Å². The first-order valence-electron chi connectivity index (χ1n) is 3.66. The Morgan fingerprint density at radius 1 is 1.10 bits per heavy atom. The summed E-state index contributed by atoms with van der Waals surface area (Å²) in [5.41, 5.74) is 0. The second kappa shape index (κ2) is 2.52. The van der Waals surface area contributed by atoms with Crippen LogP contribution in [0.4, 0.5) is 0 Å². The van der Waals surface area contributed by atoms with Gasteiger partial charge in [0.15, 0.2) is 0 Å². The number of hydrogen-bond acceptors (Lipinski definition) is 2. The van der Waals surface area contributed by atoms with Crippen molar-refractivity contribution in [2.24, 2.45) is 11.8 Å². The summed E-state index contributed by atoms with van der Waals surface area (Å²) in [6.07, 6.45) is 0.917. The van der Waals surface area contributed by atoms with Gasteiger partial charge in [-0.2, -0.15) is 0 Å². The lowest BCUT2D eigenvalue weighted by Crippen LogP contribution is -2.28. The molecule has 2 atom stereocenters. The molecule has 1 fully saturated rings. The van der Waals surface area contributed by atoms with Crippen molar-refractivity contribution in [1.82, 2.24) is 0 Å². The van der Waals surface area contributed by atoms with Gasteiger partial charge in [-0.3, -0.25) is 9.59 Å². The van der Waals surface area contributed by atoms with Gasteiger partial charge in [-0.1, -0.05) is 13.8 Å². The van der Waals surface area contributed by atoms with Crippen LogP contribution in [-0.2, 0) is 9.59 Å². The highest BCUT2D eigenvalue weighted by Gasteiger charge is 2.28. The molecule has 1 aliphatic carbocycles. The van der Waals surface area contributed by atoms with Gasteiger partial charge in [-0.15, -0.1) is 0 Å². The molecule has 0 bridgehead atoms. The molecule has 1 rings (SSSR count). The molecule has 0 N–H and O–H groups in total. The number of rotatable bonds is 0. The van der Waals surface area contributed by atoms with Gasteiger partial charge in [-0.05, 0) is 6.42 Å². The maximum atomic E-state index is 10.9. The van der Waals surface area contributed by atoms with Crippen molar-refractivity contribution in [3.8, 4) is 0 Å². The minimum atomic E-state index is 0.104. The number of hydrogen-bond donors (Lipinski definition) is 0. The molecule has 2 heteroatoms. The van der Waals surface area contributed by atoms with E-state index in [4.69, 9.17) is 0 Å². The summed E-state index contributed by atoms with van der Waals surface area (Å²) in [5.74, 6) is 0.437. The van der Waals surface area contributed by atoms with Crippen molar-refractivity contribution in [1.29, 1.82) is 0 Å². The van der Waals surface area contributed by atoms with Crippen LogP contribution in [0, 0.1) is 11.8 Å². The van der Waals surface area contributed by atoms with Gasteiger partial charge >= 0.3 is 0 Å². The molecule has 56 valence electrons. The minimum Gasteiger partial charge on any atom is -0.299 e. The van der Waals surface area contributed by atoms with Crippen LogP contribution in [0.15, 0.2) is 0 Å². The summed E-state index contributed by atoms with van der Waals surface area (Å²) in [6.45, 7) is 3.79. The fourth-order valence-electron chi connectivity index (χ4n) is 1.31. The Bertz CT molecular complexity index is 154. The Balaban J connectivity index is 2.63. The van der Waals surface area contributed by atoms with Crippen molar-refractivity contribution in [2.45, 2.75) is 26.7 Å². The smallest absolute Gasteiger partial charge is 0.143 e.